The molecule has 1 aliphatic rings. The van der Waals surface area contributed by atoms with E-state index in [4.69, 9.17) is 4.74 Å². The van der Waals surface area contributed by atoms with Crippen LogP contribution >= 0.6 is 11.3 Å². The molecule has 0 spiro atoms. The molecule has 0 saturated carbocycles. The molecular weight excluding hydrogens is 346 g/mol. The highest BCUT2D eigenvalue weighted by atomic mass is 32.1. The average molecular weight is 363 g/mol. The van der Waals surface area contributed by atoms with Crippen molar-refractivity contribution < 1.29 is 20.1 Å². The standard InChI is InChI=1S/C15H17N5O4S/c21-5-9-11(22)12(23)15(24-9)20-7-19-10-13(17-6-18-14(10)20)16-4-8-2-1-3-25-8/h1-3,6-7,9,11-12,15,21-23H,4-5H2,(H,16,17,18)/t9-,11?,12?,15-/m1/s1. The largest absolute Gasteiger partial charge is 0.394 e. The number of aliphatic hydroxyl groups is 3. The van der Waals surface area contributed by atoms with E-state index in [1.807, 2.05) is 17.5 Å². The monoisotopic (exact) mass is 363 g/mol. The number of imidazole rings is 1. The molecule has 0 amide bonds. The summed E-state index contributed by atoms with van der Waals surface area (Å²) in [6, 6.07) is 4.00. The lowest BCUT2D eigenvalue weighted by molar-refractivity contribution is -0.0511. The number of thiophene rings is 1. The molecule has 2 unspecified atom stereocenters. The van der Waals surface area contributed by atoms with Gasteiger partial charge in [-0.1, -0.05) is 6.07 Å². The zero-order chi connectivity index (χ0) is 17.4. The number of rotatable bonds is 5. The molecule has 4 N–H and O–H groups in total. The van der Waals surface area contributed by atoms with Crippen molar-refractivity contribution in [1.82, 2.24) is 19.5 Å². The van der Waals surface area contributed by atoms with Gasteiger partial charge in [-0.05, 0) is 11.4 Å². The topological polar surface area (TPSA) is 126 Å². The molecule has 0 bridgehead atoms. The Kier molecular flexibility index (Phi) is 4.36. The second kappa shape index (κ2) is 6.65. The van der Waals surface area contributed by atoms with Crippen LogP contribution < -0.4 is 5.32 Å². The Labute approximate surface area is 146 Å². The molecule has 4 rings (SSSR count). The fraction of sp³-hybridized carbons (Fsp3) is 0.400. The normalized spacial score (nSPS) is 26.4. The van der Waals surface area contributed by atoms with Crippen molar-refractivity contribution in [2.24, 2.45) is 0 Å². The van der Waals surface area contributed by atoms with E-state index in [0.29, 0.717) is 23.5 Å². The molecule has 132 valence electrons. The summed E-state index contributed by atoms with van der Waals surface area (Å²) in [5.41, 5.74) is 1.01. The minimum absolute atomic E-state index is 0.385. The fourth-order valence-electron chi connectivity index (χ4n) is 2.86. The van der Waals surface area contributed by atoms with Crippen molar-refractivity contribution in [3.05, 3.63) is 35.0 Å². The van der Waals surface area contributed by atoms with Crippen LogP contribution in [0, 0.1) is 0 Å². The molecule has 25 heavy (non-hydrogen) atoms. The number of aliphatic hydroxyl groups excluding tert-OH is 3. The van der Waals surface area contributed by atoms with Crippen molar-refractivity contribution in [3.63, 3.8) is 0 Å². The Hall–Kier alpha value is -2.11. The van der Waals surface area contributed by atoms with Crippen molar-refractivity contribution >= 4 is 28.3 Å². The number of anilines is 1. The van der Waals surface area contributed by atoms with Crippen LogP contribution in [-0.4, -0.2) is 59.8 Å². The van der Waals surface area contributed by atoms with Gasteiger partial charge in [-0.25, -0.2) is 15.0 Å². The number of hydrogen-bond acceptors (Lipinski definition) is 9. The van der Waals surface area contributed by atoms with Crippen molar-refractivity contribution in [3.8, 4) is 0 Å². The van der Waals surface area contributed by atoms with Gasteiger partial charge in [-0.2, -0.15) is 0 Å². The molecule has 1 fully saturated rings. The number of nitrogens with zero attached hydrogens (tertiary/aromatic N) is 4. The summed E-state index contributed by atoms with van der Waals surface area (Å²) in [7, 11) is 0. The molecule has 1 saturated heterocycles. The minimum atomic E-state index is -1.19. The quantitative estimate of drug-likeness (QED) is 0.503. The number of nitrogens with one attached hydrogen (secondary N) is 1. The first-order chi connectivity index (χ1) is 12.2. The summed E-state index contributed by atoms with van der Waals surface area (Å²) in [5, 5.41) is 34.6. The lowest BCUT2D eigenvalue weighted by Crippen LogP contribution is -2.33. The van der Waals surface area contributed by atoms with Gasteiger partial charge in [0, 0.05) is 4.88 Å². The zero-order valence-corrected chi connectivity index (χ0v) is 13.9. The van der Waals surface area contributed by atoms with E-state index in [9.17, 15) is 15.3 Å². The van der Waals surface area contributed by atoms with E-state index in [1.54, 1.807) is 11.3 Å². The van der Waals surface area contributed by atoms with E-state index in [2.05, 4.69) is 20.3 Å². The lowest BCUT2D eigenvalue weighted by Gasteiger charge is -2.16. The fourth-order valence-corrected chi connectivity index (χ4v) is 3.51. The van der Waals surface area contributed by atoms with E-state index >= 15 is 0 Å². The van der Waals surface area contributed by atoms with Crippen LogP contribution in [0.4, 0.5) is 5.82 Å². The first-order valence-corrected chi connectivity index (χ1v) is 8.63. The highest BCUT2D eigenvalue weighted by Gasteiger charge is 2.44. The molecule has 4 heterocycles. The van der Waals surface area contributed by atoms with Gasteiger partial charge in [-0.3, -0.25) is 4.57 Å². The molecule has 0 aliphatic carbocycles. The maximum atomic E-state index is 10.2. The van der Waals surface area contributed by atoms with Gasteiger partial charge in [0.2, 0.25) is 0 Å². The van der Waals surface area contributed by atoms with Crippen LogP contribution in [0.25, 0.3) is 11.2 Å². The number of aromatic nitrogens is 4. The number of hydrogen-bond donors (Lipinski definition) is 4. The second-order valence-corrected chi connectivity index (χ2v) is 6.74. The lowest BCUT2D eigenvalue weighted by atomic mass is 10.1. The third-order valence-electron chi connectivity index (χ3n) is 4.16. The molecule has 9 nitrogen and oxygen atoms in total. The molecule has 0 aromatic carbocycles. The van der Waals surface area contributed by atoms with Gasteiger partial charge >= 0.3 is 0 Å². The van der Waals surface area contributed by atoms with Crippen molar-refractivity contribution in [2.45, 2.75) is 31.1 Å². The summed E-state index contributed by atoms with van der Waals surface area (Å²) in [5.74, 6) is 0.573. The van der Waals surface area contributed by atoms with Gasteiger partial charge in [0.15, 0.2) is 23.2 Å². The summed E-state index contributed by atoms with van der Waals surface area (Å²) in [6.07, 6.45) is -1.21. The highest BCUT2D eigenvalue weighted by Crippen LogP contribution is 2.32. The summed E-state index contributed by atoms with van der Waals surface area (Å²) >= 11 is 1.64. The second-order valence-electron chi connectivity index (χ2n) is 5.71. The van der Waals surface area contributed by atoms with Gasteiger partial charge < -0.3 is 25.4 Å². The third kappa shape index (κ3) is 2.87. The Balaban J connectivity index is 1.63. The Morgan fingerprint density at radius 1 is 1.24 bits per heavy atom. The van der Waals surface area contributed by atoms with E-state index in [-0.39, 0.29) is 6.61 Å². The average Bonchev–Trinajstić information content (AvgIpc) is 3.34. The molecule has 4 atom stereocenters. The van der Waals surface area contributed by atoms with Crippen LogP contribution in [-0.2, 0) is 11.3 Å². The molecular formula is C15H17N5O4S. The third-order valence-corrected chi connectivity index (χ3v) is 5.04. The van der Waals surface area contributed by atoms with E-state index in [1.165, 1.54) is 17.2 Å². The Bertz CT molecular complexity index is 855. The summed E-state index contributed by atoms with van der Waals surface area (Å²) < 4.78 is 7.08. The van der Waals surface area contributed by atoms with Crippen molar-refractivity contribution in [1.29, 1.82) is 0 Å². The smallest absolute Gasteiger partial charge is 0.167 e. The van der Waals surface area contributed by atoms with Gasteiger partial charge in [0.05, 0.1) is 19.5 Å². The Morgan fingerprint density at radius 2 is 2.12 bits per heavy atom. The van der Waals surface area contributed by atoms with Crippen LogP contribution in [0.3, 0.4) is 0 Å². The van der Waals surface area contributed by atoms with Crippen LogP contribution in [0.15, 0.2) is 30.2 Å². The molecule has 0 radical (unpaired) electrons. The van der Waals surface area contributed by atoms with Gasteiger partial charge in [0.25, 0.3) is 0 Å². The van der Waals surface area contributed by atoms with Crippen LogP contribution in [0.2, 0.25) is 0 Å². The predicted molar refractivity (Wildman–Crippen MR) is 90.0 cm³/mol. The Morgan fingerprint density at radius 3 is 2.84 bits per heavy atom. The highest BCUT2D eigenvalue weighted by molar-refractivity contribution is 7.09. The predicted octanol–water partition coefficient (Wildman–Crippen LogP) is 0.111. The molecule has 1 aliphatic heterocycles. The van der Waals surface area contributed by atoms with Gasteiger partial charge in [-0.15, -0.1) is 11.3 Å². The van der Waals surface area contributed by atoms with E-state index < -0.39 is 24.5 Å². The molecule has 3 aromatic heterocycles. The van der Waals surface area contributed by atoms with Crippen LogP contribution in [0.1, 0.15) is 11.1 Å². The number of fused-ring (bicyclic) bond motifs is 1. The summed E-state index contributed by atoms with van der Waals surface area (Å²) in [4.78, 5) is 13.9. The first kappa shape index (κ1) is 16.4. The first-order valence-electron chi connectivity index (χ1n) is 7.75. The zero-order valence-electron chi connectivity index (χ0n) is 13.1. The number of ether oxygens (including phenoxy) is 1. The van der Waals surface area contributed by atoms with Crippen LogP contribution in [0.5, 0.6) is 0 Å². The van der Waals surface area contributed by atoms with Gasteiger partial charge in [0.1, 0.15) is 24.6 Å². The van der Waals surface area contributed by atoms with E-state index in [0.717, 1.165) is 4.88 Å². The minimum Gasteiger partial charge on any atom is -0.394 e. The molecule has 3 aromatic rings. The maximum absolute atomic E-state index is 10.2. The molecule has 10 heteroatoms. The maximum Gasteiger partial charge on any atom is 0.167 e. The van der Waals surface area contributed by atoms with Crippen molar-refractivity contribution in [2.75, 3.05) is 11.9 Å². The SMILES string of the molecule is OC[C@H]1O[C@@H](n2cnc3c(NCc4cccs4)ncnc32)C(O)C1O. The summed E-state index contributed by atoms with van der Waals surface area (Å²) in [6.45, 7) is 0.231.